The molecule has 2 aromatic rings. The predicted octanol–water partition coefficient (Wildman–Crippen LogP) is 1.88. The number of anilines is 1. The summed E-state index contributed by atoms with van der Waals surface area (Å²) in [6.07, 6.45) is 4.09. The second-order valence-corrected chi connectivity index (χ2v) is 5.75. The van der Waals surface area contributed by atoms with E-state index in [9.17, 15) is 9.90 Å². The van der Waals surface area contributed by atoms with Gasteiger partial charge in [-0.1, -0.05) is 13.8 Å². The molecule has 2 aromatic heterocycles. The van der Waals surface area contributed by atoms with Crippen molar-refractivity contribution in [2.45, 2.75) is 26.3 Å². The van der Waals surface area contributed by atoms with Crippen molar-refractivity contribution in [2.24, 2.45) is 12.5 Å². The second-order valence-electron chi connectivity index (χ2n) is 5.75. The molecular formula is C13H16N4O2. The van der Waals surface area contributed by atoms with Crippen molar-refractivity contribution in [3.05, 3.63) is 18.0 Å². The maximum absolute atomic E-state index is 11.3. The Morgan fingerprint density at radius 3 is 2.79 bits per heavy atom. The van der Waals surface area contributed by atoms with E-state index < -0.39 is 5.97 Å². The molecule has 2 N–H and O–H groups in total. The summed E-state index contributed by atoms with van der Waals surface area (Å²) in [4.78, 5) is 15.5. The minimum atomic E-state index is -0.973. The van der Waals surface area contributed by atoms with Gasteiger partial charge in [-0.25, -0.2) is 9.78 Å². The van der Waals surface area contributed by atoms with E-state index in [1.54, 1.807) is 17.9 Å². The van der Waals surface area contributed by atoms with Crippen LogP contribution in [-0.2, 0) is 7.05 Å². The topological polar surface area (TPSA) is 80.0 Å². The van der Waals surface area contributed by atoms with Crippen LogP contribution >= 0.6 is 0 Å². The molecule has 6 nitrogen and oxygen atoms in total. The normalized spacial score (nSPS) is 20.5. The summed E-state index contributed by atoms with van der Waals surface area (Å²) >= 11 is 0. The Kier molecular flexibility index (Phi) is 2.32. The van der Waals surface area contributed by atoms with Gasteiger partial charge in [0, 0.05) is 19.3 Å². The number of carboxylic acid groups (broad SMARTS) is 1. The monoisotopic (exact) mass is 260 g/mol. The lowest BCUT2D eigenvalue weighted by molar-refractivity contribution is 0.0697. The number of nitrogens with one attached hydrogen (secondary N) is 1. The summed E-state index contributed by atoms with van der Waals surface area (Å²) in [6, 6.07) is 0.302. The minimum absolute atomic E-state index is 0.197. The van der Waals surface area contributed by atoms with Gasteiger partial charge in [0.2, 0.25) is 0 Å². The van der Waals surface area contributed by atoms with E-state index in [-0.39, 0.29) is 11.0 Å². The number of rotatable bonds is 3. The molecule has 6 heteroatoms. The smallest absolute Gasteiger partial charge is 0.339 e. The summed E-state index contributed by atoms with van der Waals surface area (Å²) in [5.74, 6) is -0.973. The highest BCUT2D eigenvalue weighted by Crippen LogP contribution is 2.47. The molecule has 0 radical (unpaired) electrons. The molecule has 1 aliphatic carbocycles. The third kappa shape index (κ3) is 1.83. The first-order valence-corrected chi connectivity index (χ1v) is 6.21. The molecule has 1 fully saturated rings. The molecule has 0 aromatic carbocycles. The molecule has 1 aliphatic rings. The van der Waals surface area contributed by atoms with Crippen molar-refractivity contribution in [1.29, 1.82) is 0 Å². The van der Waals surface area contributed by atoms with E-state index in [4.69, 9.17) is 0 Å². The van der Waals surface area contributed by atoms with Crippen molar-refractivity contribution in [1.82, 2.24) is 14.8 Å². The summed E-state index contributed by atoms with van der Waals surface area (Å²) in [5.41, 5.74) is 1.73. The van der Waals surface area contributed by atoms with Gasteiger partial charge in [-0.2, -0.15) is 5.10 Å². The number of aryl methyl sites for hydroxylation is 1. The maximum atomic E-state index is 11.3. The Morgan fingerprint density at radius 1 is 1.53 bits per heavy atom. The summed E-state index contributed by atoms with van der Waals surface area (Å²) in [6.45, 7) is 4.32. The molecule has 0 bridgehead atoms. The van der Waals surface area contributed by atoms with Crippen molar-refractivity contribution < 1.29 is 9.90 Å². The summed E-state index contributed by atoms with van der Waals surface area (Å²) in [7, 11) is 1.79. The maximum Gasteiger partial charge on any atom is 0.339 e. The number of aromatic nitrogens is 3. The minimum Gasteiger partial charge on any atom is -0.478 e. The zero-order chi connectivity index (χ0) is 13.8. The molecule has 0 aliphatic heterocycles. The van der Waals surface area contributed by atoms with Gasteiger partial charge in [0.15, 0.2) is 5.65 Å². The van der Waals surface area contributed by atoms with E-state index in [1.165, 1.54) is 6.20 Å². The number of fused-ring (bicyclic) bond motifs is 1. The van der Waals surface area contributed by atoms with E-state index in [2.05, 4.69) is 29.2 Å². The van der Waals surface area contributed by atoms with Crippen molar-refractivity contribution in [3.63, 3.8) is 0 Å². The molecule has 0 amide bonds. The third-order valence-electron chi connectivity index (χ3n) is 3.82. The lowest BCUT2D eigenvalue weighted by Gasteiger charge is -2.12. The predicted molar refractivity (Wildman–Crippen MR) is 71.3 cm³/mol. The standard InChI is InChI=1S/C13H16N4O2/c1-13(2)4-9(13)16-10-7-6-15-17(3)11(7)14-5-8(10)12(18)19/h5-6,9H,4H2,1-3H3,(H,14,16)(H,18,19). The molecule has 1 saturated carbocycles. The number of carbonyl (C=O) groups is 1. The van der Waals surface area contributed by atoms with Crippen LogP contribution in [0.4, 0.5) is 5.69 Å². The highest BCUT2D eigenvalue weighted by molar-refractivity contribution is 6.03. The van der Waals surface area contributed by atoms with Crippen LogP contribution in [0.25, 0.3) is 11.0 Å². The fraction of sp³-hybridized carbons (Fsp3) is 0.462. The molecule has 0 saturated heterocycles. The van der Waals surface area contributed by atoms with Gasteiger partial charge in [-0.15, -0.1) is 0 Å². The lowest BCUT2D eigenvalue weighted by Crippen LogP contribution is -2.13. The largest absolute Gasteiger partial charge is 0.478 e. The van der Waals surface area contributed by atoms with Crippen molar-refractivity contribution in [2.75, 3.05) is 5.32 Å². The fourth-order valence-electron chi connectivity index (χ4n) is 2.30. The molecule has 19 heavy (non-hydrogen) atoms. The van der Waals surface area contributed by atoms with Gasteiger partial charge in [0.05, 0.1) is 17.3 Å². The van der Waals surface area contributed by atoms with Gasteiger partial charge in [0.25, 0.3) is 0 Å². The second kappa shape index (κ2) is 3.69. The zero-order valence-corrected chi connectivity index (χ0v) is 11.1. The van der Waals surface area contributed by atoms with Crippen molar-refractivity contribution >= 4 is 22.7 Å². The van der Waals surface area contributed by atoms with Crippen LogP contribution in [0.15, 0.2) is 12.4 Å². The molecule has 1 unspecified atom stereocenters. The van der Waals surface area contributed by atoms with E-state index >= 15 is 0 Å². The highest BCUT2D eigenvalue weighted by atomic mass is 16.4. The molecule has 0 spiro atoms. The van der Waals surface area contributed by atoms with Gasteiger partial charge < -0.3 is 10.4 Å². The Hall–Kier alpha value is -2.11. The third-order valence-corrected chi connectivity index (χ3v) is 3.82. The Balaban J connectivity index is 2.12. The van der Waals surface area contributed by atoms with Crippen LogP contribution in [0.5, 0.6) is 0 Å². The average Bonchev–Trinajstić information content (AvgIpc) is 2.76. The summed E-state index contributed by atoms with van der Waals surface area (Å²) < 4.78 is 1.64. The number of aromatic carboxylic acids is 1. The first-order chi connectivity index (χ1) is 8.90. The lowest BCUT2D eigenvalue weighted by atomic mass is 10.1. The zero-order valence-electron chi connectivity index (χ0n) is 11.1. The first kappa shape index (κ1) is 12.0. The number of hydrogen-bond donors (Lipinski definition) is 2. The van der Waals surface area contributed by atoms with Crippen LogP contribution in [0, 0.1) is 5.41 Å². The van der Waals surface area contributed by atoms with E-state index in [0.717, 1.165) is 11.8 Å². The van der Waals surface area contributed by atoms with E-state index in [1.807, 2.05) is 0 Å². The van der Waals surface area contributed by atoms with Crippen LogP contribution in [-0.4, -0.2) is 31.9 Å². The number of hydrogen-bond acceptors (Lipinski definition) is 4. The van der Waals surface area contributed by atoms with Crippen LogP contribution in [0.1, 0.15) is 30.6 Å². The quantitative estimate of drug-likeness (QED) is 0.880. The Morgan fingerprint density at radius 2 is 2.21 bits per heavy atom. The summed E-state index contributed by atoms with van der Waals surface area (Å²) in [5, 5.41) is 17.5. The van der Waals surface area contributed by atoms with E-state index in [0.29, 0.717) is 17.4 Å². The average molecular weight is 260 g/mol. The number of nitrogens with zero attached hydrogens (tertiary/aromatic N) is 3. The van der Waals surface area contributed by atoms with Crippen LogP contribution in [0.2, 0.25) is 0 Å². The molecule has 1 atom stereocenters. The van der Waals surface area contributed by atoms with Gasteiger partial charge in [0.1, 0.15) is 5.56 Å². The Bertz CT molecular complexity index is 675. The molecule has 3 rings (SSSR count). The van der Waals surface area contributed by atoms with Gasteiger partial charge >= 0.3 is 5.97 Å². The molecular weight excluding hydrogens is 244 g/mol. The first-order valence-electron chi connectivity index (χ1n) is 6.21. The fourth-order valence-corrected chi connectivity index (χ4v) is 2.30. The number of pyridine rings is 1. The number of carboxylic acids is 1. The molecule has 2 heterocycles. The molecule has 100 valence electrons. The SMILES string of the molecule is Cn1ncc2c(NC3CC3(C)C)c(C(=O)O)cnc21. The van der Waals surface area contributed by atoms with Gasteiger partial charge in [-0.3, -0.25) is 4.68 Å². The Labute approximate surface area is 110 Å². The van der Waals surface area contributed by atoms with Crippen LogP contribution < -0.4 is 5.32 Å². The van der Waals surface area contributed by atoms with Crippen molar-refractivity contribution in [3.8, 4) is 0 Å². The van der Waals surface area contributed by atoms with Crippen LogP contribution in [0.3, 0.4) is 0 Å². The highest BCUT2D eigenvalue weighted by Gasteiger charge is 2.46. The van der Waals surface area contributed by atoms with Gasteiger partial charge in [-0.05, 0) is 11.8 Å².